The van der Waals surface area contributed by atoms with Gasteiger partial charge in [0.2, 0.25) is 0 Å². The molecule has 1 fully saturated rings. The molecule has 1 amide bonds. The van der Waals surface area contributed by atoms with Crippen molar-refractivity contribution in [2.45, 2.75) is 77.7 Å². The van der Waals surface area contributed by atoms with Gasteiger partial charge in [-0.1, -0.05) is 0 Å². The maximum absolute atomic E-state index is 13.0. The van der Waals surface area contributed by atoms with Crippen LogP contribution in [0.3, 0.4) is 0 Å². The zero-order valence-electron chi connectivity index (χ0n) is 18.2. The van der Waals surface area contributed by atoms with E-state index in [0.29, 0.717) is 28.1 Å². The first-order chi connectivity index (χ1) is 14.8. The summed E-state index contributed by atoms with van der Waals surface area (Å²) in [6, 6.07) is -0.224. The Balaban J connectivity index is 1.98. The summed E-state index contributed by atoms with van der Waals surface area (Å²) in [5.41, 5.74) is 1.03. The zero-order chi connectivity index (χ0) is 23.8. The van der Waals surface area contributed by atoms with Crippen molar-refractivity contribution in [1.29, 1.82) is 0 Å². The molecule has 0 spiro atoms. The Bertz CT molecular complexity index is 1170. The van der Waals surface area contributed by atoms with Gasteiger partial charge in [-0.25, -0.2) is 15.0 Å². The highest BCUT2D eigenvalue weighted by atomic mass is 32.1. The van der Waals surface area contributed by atoms with Crippen molar-refractivity contribution in [2.75, 3.05) is 0 Å². The molecular weight excluding hydrogens is 449 g/mol. The quantitative estimate of drug-likeness (QED) is 0.504. The van der Waals surface area contributed by atoms with Crippen molar-refractivity contribution in [3.8, 4) is 0 Å². The van der Waals surface area contributed by atoms with Crippen LogP contribution in [-0.2, 0) is 11.3 Å². The molecule has 0 saturated heterocycles. The van der Waals surface area contributed by atoms with E-state index in [0.717, 1.165) is 15.9 Å². The average Bonchev–Trinajstić information content (AvgIpc) is 3.40. The fourth-order valence-corrected chi connectivity index (χ4v) is 4.43. The van der Waals surface area contributed by atoms with Crippen LogP contribution in [0.5, 0.6) is 0 Å². The maximum Gasteiger partial charge on any atom is 0.428 e. The highest BCUT2D eigenvalue weighted by molar-refractivity contribution is 7.20. The van der Waals surface area contributed by atoms with Gasteiger partial charge in [0.15, 0.2) is 0 Å². The van der Waals surface area contributed by atoms with Crippen LogP contribution in [0, 0.1) is 6.92 Å². The lowest BCUT2D eigenvalue weighted by molar-refractivity contribution is -0.135. The van der Waals surface area contributed by atoms with Gasteiger partial charge < -0.3 is 4.74 Å². The normalized spacial score (nSPS) is 15.0. The van der Waals surface area contributed by atoms with E-state index in [9.17, 15) is 27.6 Å². The van der Waals surface area contributed by atoms with Crippen molar-refractivity contribution in [3.63, 3.8) is 0 Å². The number of rotatable bonds is 6. The van der Waals surface area contributed by atoms with Crippen LogP contribution in [0.15, 0.2) is 14.7 Å². The third-order valence-corrected chi connectivity index (χ3v) is 6.02. The summed E-state index contributed by atoms with van der Waals surface area (Å²) >= 11 is 1.07. The first-order valence-corrected chi connectivity index (χ1v) is 11.0. The van der Waals surface area contributed by atoms with E-state index >= 15 is 0 Å². The van der Waals surface area contributed by atoms with E-state index < -0.39 is 35.5 Å². The molecule has 1 aliphatic carbocycles. The number of hydrogen-bond acceptors (Lipinski definition) is 6. The van der Waals surface area contributed by atoms with Crippen LogP contribution in [0.4, 0.5) is 18.0 Å². The summed E-state index contributed by atoms with van der Waals surface area (Å²) in [5.74, 6) is 0. The molecule has 2 heterocycles. The van der Waals surface area contributed by atoms with Crippen LogP contribution in [0.2, 0.25) is 0 Å². The smallest absolute Gasteiger partial charge is 0.428 e. The van der Waals surface area contributed by atoms with E-state index in [1.807, 2.05) is 0 Å². The monoisotopic (exact) mass is 474 g/mol. The summed E-state index contributed by atoms with van der Waals surface area (Å²) in [4.78, 5) is 38.5. The van der Waals surface area contributed by atoms with Crippen LogP contribution in [0.25, 0.3) is 10.2 Å². The van der Waals surface area contributed by atoms with Gasteiger partial charge in [0, 0.05) is 19.0 Å². The van der Waals surface area contributed by atoms with Crippen LogP contribution >= 0.6 is 11.3 Å². The summed E-state index contributed by atoms with van der Waals surface area (Å²) < 4.78 is 45.4. The van der Waals surface area contributed by atoms with Crippen molar-refractivity contribution in [2.24, 2.45) is 5.10 Å². The lowest BCUT2D eigenvalue weighted by Crippen LogP contribution is -2.39. The number of halogens is 3. The molecule has 0 aromatic carbocycles. The molecule has 0 aliphatic heterocycles. The lowest BCUT2D eigenvalue weighted by atomic mass is 10.2. The summed E-state index contributed by atoms with van der Waals surface area (Å²) in [7, 11) is 0. The number of hydrazone groups is 1. The molecule has 2 aromatic rings. The molecule has 2 aromatic heterocycles. The van der Waals surface area contributed by atoms with Crippen molar-refractivity contribution >= 4 is 33.9 Å². The standard InChI is InChI=1S/C20H25F3N4O4S/c1-11-13(10-24-25-17(29)31-19(2,3)4)32-16-14(11)15(28)27(12-6-7-12)18(30)26(16)9-5-8-20(21,22)23/h10,12H,5-9H2,1-4H3,(H,25,29)/b24-10+. The first-order valence-electron chi connectivity index (χ1n) is 10.2. The van der Waals surface area contributed by atoms with Crippen molar-refractivity contribution in [3.05, 3.63) is 31.3 Å². The Kier molecular flexibility index (Phi) is 6.55. The number of hydrogen-bond donors (Lipinski definition) is 1. The number of aromatic nitrogens is 2. The van der Waals surface area contributed by atoms with Crippen LogP contribution < -0.4 is 16.7 Å². The molecule has 1 aliphatic rings. The number of carbonyl (C=O) groups is 1. The number of aryl methyl sites for hydroxylation is 2. The molecule has 32 heavy (non-hydrogen) atoms. The largest absolute Gasteiger partial charge is 0.443 e. The molecule has 1 saturated carbocycles. The Hall–Kier alpha value is -2.63. The van der Waals surface area contributed by atoms with Crippen LogP contribution in [0.1, 0.15) is 62.9 Å². The molecule has 12 heteroatoms. The van der Waals surface area contributed by atoms with Gasteiger partial charge in [0.1, 0.15) is 10.4 Å². The molecule has 3 rings (SSSR count). The summed E-state index contributed by atoms with van der Waals surface area (Å²) in [5, 5.41) is 4.13. The van der Waals surface area contributed by atoms with E-state index in [2.05, 4.69) is 10.5 Å². The molecule has 0 unspecified atom stereocenters. The number of alkyl halides is 3. The first kappa shape index (κ1) is 24.0. The van der Waals surface area contributed by atoms with Gasteiger partial charge >= 0.3 is 18.0 Å². The van der Waals surface area contributed by atoms with Crippen molar-refractivity contribution in [1.82, 2.24) is 14.6 Å². The number of ether oxygens (including phenoxy) is 1. The minimum Gasteiger partial charge on any atom is -0.443 e. The van der Waals surface area contributed by atoms with Gasteiger partial charge in [0.25, 0.3) is 5.56 Å². The van der Waals surface area contributed by atoms with Crippen LogP contribution in [-0.4, -0.2) is 33.2 Å². The second-order valence-corrected chi connectivity index (χ2v) is 9.73. The van der Waals surface area contributed by atoms with Gasteiger partial charge in [-0.05, 0) is 52.5 Å². The Morgan fingerprint density at radius 3 is 2.50 bits per heavy atom. The molecular formula is C20H25F3N4O4S. The average molecular weight is 475 g/mol. The number of amides is 1. The van der Waals surface area contributed by atoms with Crippen molar-refractivity contribution < 1.29 is 22.7 Å². The SMILES string of the molecule is Cc1c(/C=N/NC(=O)OC(C)(C)C)sc2c1c(=O)n(C1CC1)c(=O)n2CCCC(F)(F)F. The molecule has 0 bridgehead atoms. The summed E-state index contributed by atoms with van der Waals surface area (Å²) in [6.45, 7) is 6.63. The Morgan fingerprint density at radius 1 is 1.28 bits per heavy atom. The van der Waals surface area contributed by atoms with Gasteiger partial charge in [-0.2, -0.15) is 18.3 Å². The van der Waals surface area contributed by atoms with E-state index in [1.165, 1.54) is 10.8 Å². The Morgan fingerprint density at radius 2 is 1.94 bits per heavy atom. The minimum atomic E-state index is -4.33. The second-order valence-electron chi connectivity index (χ2n) is 8.70. The van der Waals surface area contributed by atoms with Gasteiger partial charge in [-0.3, -0.25) is 13.9 Å². The fourth-order valence-electron chi connectivity index (χ4n) is 3.24. The number of thiophene rings is 1. The number of fused-ring (bicyclic) bond motifs is 1. The lowest BCUT2D eigenvalue weighted by Gasteiger charge is -2.18. The highest BCUT2D eigenvalue weighted by Gasteiger charge is 2.31. The molecule has 1 N–H and O–H groups in total. The third kappa shape index (κ3) is 5.59. The minimum absolute atomic E-state index is 0.158. The maximum atomic E-state index is 13.0. The van der Waals surface area contributed by atoms with Gasteiger partial charge in [-0.15, -0.1) is 11.3 Å². The van der Waals surface area contributed by atoms with E-state index in [1.54, 1.807) is 27.7 Å². The van der Waals surface area contributed by atoms with E-state index in [-0.39, 0.29) is 24.4 Å². The number of nitrogens with one attached hydrogen (secondary N) is 1. The summed E-state index contributed by atoms with van der Waals surface area (Å²) in [6.07, 6.45) is -3.70. The molecule has 0 atom stereocenters. The number of nitrogens with zero attached hydrogens (tertiary/aromatic N) is 3. The highest BCUT2D eigenvalue weighted by Crippen LogP contribution is 2.34. The zero-order valence-corrected chi connectivity index (χ0v) is 19.0. The molecule has 8 nitrogen and oxygen atoms in total. The predicted molar refractivity (Wildman–Crippen MR) is 116 cm³/mol. The predicted octanol–water partition coefficient (Wildman–Crippen LogP) is 4.07. The molecule has 0 radical (unpaired) electrons. The Labute approximate surface area is 185 Å². The fraction of sp³-hybridized carbons (Fsp3) is 0.600. The molecule has 176 valence electrons. The topological polar surface area (TPSA) is 94.7 Å². The third-order valence-electron chi connectivity index (χ3n) is 4.77. The van der Waals surface area contributed by atoms with Gasteiger partial charge in [0.05, 0.1) is 16.5 Å². The second kappa shape index (κ2) is 8.72. The van der Waals surface area contributed by atoms with E-state index in [4.69, 9.17) is 4.74 Å². The number of carbonyl (C=O) groups excluding carboxylic acids is 1.